The Bertz CT molecular complexity index is 373. The summed E-state index contributed by atoms with van der Waals surface area (Å²) in [5.74, 6) is 0.0538. The van der Waals surface area contributed by atoms with Gasteiger partial charge in [-0.25, -0.2) is 0 Å². The second-order valence-corrected chi connectivity index (χ2v) is 3.75. The second kappa shape index (κ2) is 3.34. The van der Waals surface area contributed by atoms with Gasteiger partial charge in [0.15, 0.2) is 0 Å². The zero-order valence-corrected chi connectivity index (χ0v) is 8.49. The minimum atomic E-state index is 0.0538. The molecule has 2 rings (SSSR count). The molecule has 0 aliphatic carbocycles. The maximum absolute atomic E-state index is 11.3. The van der Waals surface area contributed by atoms with Crippen LogP contribution in [-0.2, 0) is 4.79 Å². The van der Waals surface area contributed by atoms with Crippen LogP contribution in [0.15, 0.2) is 40.9 Å². The highest BCUT2D eigenvalue weighted by molar-refractivity contribution is 9.10. The third kappa shape index (κ3) is 1.65. The number of hydrogen-bond acceptors (Lipinski definition) is 1. The van der Waals surface area contributed by atoms with Crippen molar-refractivity contribution in [3.05, 3.63) is 40.9 Å². The molecule has 1 aliphatic heterocycles. The maximum atomic E-state index is 11.3. The first-order chi connectivity index (χ1) is 6.27. The lowest BCUT2D eigenvalue weighted by atomic mass is 10.3. The number of rotatable bonds is 1. The lowest BCUT2D eigenvalue weighted by Gasteiger charge is -2.15. The Morgan fingerprint density at radius 2 is 2.23 bits per heavy atom. The van der Waals surface area contributed by atoms with Crippen molar-refractivity contribution in [1.29, 1.82) is 0 Å². The highest BCUT2D eigenvalue weighted by Gasteiger charge is 2.15. The van der Waals surface area contributed by atoms with E-state index in [-0.39, 0.29) is 5.91 Å². The molecule has 0 spiro atoms. The molecular weight excluding hydrogens is 230 g/mol. The van der Waals surface area contributed by atoms with E-state index in [0.717, 1.165) is 10.2 Å². The fraction of sp³-hybridized carbons (Fsp3) is 0.100. The Morgan fingerprint density at radius 1 is 1.38 bits per heavy atom. The van der Waals surface area contributed by atoms with Crippen molar-refractivity contribution >= 4 is 27.5 Å². The highest BCUT2D eigenvalue weighted by atomic mass is 79.9. The normalized spacial score (nSPS) is 15.5. The van der Waals surface area contributed by atoms with Gasteiger partial charge in [0.25, 0.3) is 5.91 Å². The average molecular weight is 238 g/mol. The smallest absolute Gasteiger partial charge is 0.251 e. The molecule has 0 N–H and O–H groups in total. The number of nitrogens with zero attached hydrogens (tertiary/aromatic N) is 1. The number of benzene rings is 1. The van der Waals surface area contributed by atoms with Gasteiger partial charge >= 0.3 is 0 Å². The van der Waals surface area contributed by atoms with Crippen LogP contribution in [0.5, 0.6) is 0 Å². The van der Waals surface area contributed by atoms with Gasteiger partial charge in [-0.2, -0.15) is 0 Å². The predicted molar refractivity (Wildman–Crippen MR) is 55.6 cm³/mol. The van der Waals surface area contributed by atoms with Crippen molar-refractivity contribution in [3.63, 3.8) is 0 Å². The molecule has 2 nitrogen and oxygen atoms in total. The maximum Gasteiger partial charge on any atom is 0.251 e. The summed E-state index contributed by atoms with van der Waals surface area (Å²) in [6, 6.07) is 7.73. The quantitative estimate of drug-likeness (QED) is 0.735. The Labute approximate surface area is 85.0 Å². The van der Waals surface area contributed by atoms with E-state index in [1.165, 1.54) is 0 Å². The molecule has 1 heterocycles. The van der Waals surface area contributed by atoms with Crippen molar-refractivity contribution in [1.82, 2.24) is 0 Å². The monoisotopic (exact) mass is 237 g/mol. The van der Waals surface area contributed by atoms with E-state index in [1.807, 2.05) is 30.3 Å². The van der Waals surface area contributed by atoms with E-state index in [0.29, 0.717) is 6.54 Å². The van der Waals surface area contributed by atoms with Crippen molar-refractivity contribution in [2.45, 2.75) is 0 Å². The number of amides is 1. The van der Waals surface area contributed by atoms with Crippen LogP contribution in [0.3, 0.4) is 0 Å². The summed E-state index contributed by atoms with van der Waals surface area (Å²) in [7, 11) is 0. The Hall–Kier alpha value is -1.09. The van der Waals surface area contributed by atoms with Crippen molar-refractivity contribution in [3.8, 4) is 0 Å². The largest absolute Gasteiger partial charge is 0.305 e. The first-order valence-electron chi connectivity index (χ1n) is 4.01. The summed E-state index contributed by atoms with van der Waals surface area (Å²) in [6.07, 6.45) is 3.46. The van der Waals surface area contributed by atoms with Crippen LogP contribution in [0, 0.1) is 0 Å². The average Bonchev–Trinajstić information content (AvgIpc) is 2.51. The van der Waals surface area contributed by atoms with E-state index in [4.69, 9.17) is 0 Å². The summed E-state index contributed by atoms with van der Waals surface area (Å²) in [4.78, 5) is 13.0. The lowest BCUT2D eigenvalue weighted by Crippen LogP contribution is -2.24. The third-order valence-corrected chi connectivity index (χ3v) is 2.43. The van der Waals surface area contributed by atoms with Crippen LogP contribution in [0.4, 0.5) is 5.69 Å². The minimum Gasteiger partial charge on any atom is -0.305 e. The van der Waals surface area contributed by atoms with Gasteiger partial charge in [-0.05, 0) is 18.2 Å². The van der Waals surface area contributed by atoms with Gasteiger partial charge in [0.1, 0.15) is 0 Å². The molecule has 0 saturated heterocycles. The van der Waals surface area contributed by atoms with Gasteiger partial charge in [0.05, 0.1) is 0 Å². The predicted octanol–water partition coefficient (Wildman–Crippen LogP) is 2.35. The summed E-state index contributed by atoms with van der Waals surface area (Å²) in [5.41, 5.74) is 0.935. The molecule has 66 valence electrons. The molecular formula is C10H8BrNO. The molecule has 0 aromatic heterocycles. The molecule has 0 fully saturated rings. The first kappa shape index (κ1) is 8.51. The van der Waals surface area contributed by atoms with Crippen molar-refractivity contribution in [2.75, 3.05) is 11.4 Å². The number of carbonyl (C=O) groups excluding carboxylic acids is 1. The zero-order valence-electron chi connectivity index (χ0n) is 6.90. The molecule has 3 heteroatoms. The van der Waals surface area contributed by atoms with E-state index in [2.05, 4.69) is 15.9 Å². The van der Waals surface area contributed by atoms with Crippen LogP contribution >= 0.6 is 15.9 Å². The van der Waals surface area contributed by atoms with Crippen LogP contribution in [0.2, 0.25) is 0 Å². The number of anilines is 1. The third-order valence-electron chi connectivity index (χ3n) is 1.93. The summed E-state index contributed by atoms with van der Waals surface area (Å²) < 4.78 is 0.990. The van der Waals surface area contributed by atoms with E-state index in [1.54, 1.807) is 11.0 Å². The molecule has 1 aromatic carbocycles. The minimum absolute atomic E-state index is 0.0538. The first-order valence-corrected chi connectivity index (χ1v) is 4.80. The Balaban J connectivity index is 2.31. The number of carbonyl (C=O) groups is 1. The zero-order chi connectivity index (χ0) is 9.26. The fourth-order valence-electron chi connectivity index (χ4n) is 1.32. The van der Waals surface area contributed by atoms with E-state index >= 15 is 0 Å². The molecule has 13 heavy (non-hydrogen) atoms. The van der Waals surface area contributed by atoms with Crippen LogP contribution in [0.1, 0.15) is 0 Å². The van der Waals surface area contributed by atoms with E-state index in [9.17, 15) is 4.79 Å². The number of hydrogen-bond donors (Lipinski definition) is 0. The SMILES string of the molecule is O=C1C=CCN1c1cccc(Br)c1. The van der Waals surface area contributed by atoms with Gasteiger partial charge in [0.2, 0.25) is 0 Å². The summed E-state index contributed by atoms with van der Waals surface area (Å²) in [5, 5.41) is 0. The second-order valence-electron chi connectivity index (χ2n) is 2.83. The Morgan fingerprint density at radius 3 is 2.85 bits per heavy atom. The molecule has 0 saturated carbocycles. The molecule has 0 unspecified atom stereocenters. The summed E-state index contributed by atoms with van der Waals surface area (Å²) in [6.45, 7) is 0.676. The van der Waals surface area contributed by atoms with E-state index < -0.39 is 0 Å². The molecule has 0 atom stereocenters. The van der Waals surface area contributed by atoms with Gasteiger partial charge in [-0.1, -0.05) is 28.1 Å². The fourth-order valence-corrected chi connectivity index (χ4v) is 1.70. The number of halogens is 1. The van der Waals surface area contributed by atoms with Crippen molar-refractivity contribution in [2.24, 2.45) is 0 Å². The lowest BCUT2D eigenvalue weighted by molar-refractivity contribution is -0.113. The topological polar surface area (TPSA) is 20.3 Å². The van der Waals surface area contributed by atoms with Gasteiger partial charge in [-0.3, -0.25) is 4.79 Å². The molecule has 1 amide bonds. The molecule has 1 aliphatic rings. The van der Waals surface area contributed by atoms with Crippen LogP contribution in [-0.4, -0.2) is 12.5 Å². The highest BCUT2D eigenvalue weighted by Crippen LogP contribution is 2.21. The van der Waals surface area contributed by atoms with Crippen LogP contribution < -0.4 is 4.90 Å². The Kier molecular flexibility index (Phi) is 2.19. The molecule has 1 aromatic rings. The van der Waals surface area contributed by atoms with Gasteiger partial charge in [-0.15, -0.1) is 0 Å². The van der Waals surface area contributed by atoms with Crippen LogP contribution in [0.25, 0.3) is 0 Å². The van der Waals surface area contributed by atoms with Gasteiger partial charge < -0.3 is 4.90 Å². The standard InChI is InChI=1S/C10H8BrNO/c11-8-3-1-4-9(7-8)12-6-2-5-10(12)13/h1-5,7H,6H2. The van der Waals surface area contributed by atoms with Gasteiger partial charge in [0, 0.05) is 22.8 Å². The van der Waals surface area contributed by atoms with Crippen molar-refractivity contribution < 1.29 is 4.79 Å². The summed E-state index contributed by atoms with van der Waals surface area (Å²) >= 11 is 3.37. The molecule has 0 radical (unpaired) electrons. The molecule has 0 bridgehead atoms.